The molecule has 2 aromatic rings. The molecular formula is C22H25N7O3S. The number of nitrogens with zero attached hydrogens (tertiary/aromatic N) is 4. The first-order valence-electron chi connectivity index (χ1n) is 10.2. The molecule has 0 aliphatic heterocycles. The third-order valence-electron chi connectivity index (χ3n) is 4.57. The predicted molar refractivity (Wildman–Crippen MR) is 127 cm³/mol. The molecule has 10 nitrogen and oxygen atoms in total. The summed E-state index contributed by atoms with van der Waals surface area (Å²) in [7, 11) is 1.85. The van der Waals surface area contributed by atoms with Gasteiger partial charge >= 0.3 is 0 Å². The van der Waals surface area contributed by atoms with Crippen molar-refractivity contribution in [2.45, 2.75) is 20.4 Å². The lowest BCUT2D eigenvalue weighted by atomic mass is 10.2. The fourth-order valence-electron chi connectivity index (χ4n) is 2.79. The van der Waals surface area contributed by atoms with Crippen LogP contribution in [0.2, 0.25) is 0 Å². The lowest BCUT2D eigenvalue weighted by Gasteiger charge is -2.13. The fraction of sp³-hybridized carbons (Fsp3) is 0.318. The number of hydrogen-bond donors (Lipinski definition) is 3. The first-order valence-corrected chi connectivity index (χ1v) is 11.0. The van der Waals surface area contributed by atoms with Crippen LogP contribution < -0.4 is 30.7 Å². The van der Waals surface area contributed by atoms with Crippen LogP contribution in [0.4, 0.5) is 11.4 Å². The molecular weight excluding hydrogens is 442 g/mol. The summed E-state index contributed by atoms with van der Waals surface area (Å²) in [6, 6.07) is 10.6. The molecule has 1 heterocycles. The van der Waals surface area contributed by atoms with E-state index in [4.69, 9.17) is 5.26 Å². The summed E-state index contributed by atoms with van der Waals surface area (Å²) in [6.45, 7) is 4.75. The summed E-state index contributed by atoms with van der Waals surface area (Å²) in [6.07, 6.45) is 1.50. The number of carbonyl (C=O) groups is 2. The largest absolute Gasteiger partial charge is 0.360 e. The van der Waals surface area contributed by atoms with Gasteiger partial charge in [0.2, 0.25) is 5.91 Å². The number of likely N-dealkylation sites (N-methyl/N-ethyl adjacent to an activating group) is 1. The SMILES string of the molecule is CCN(C)CC(=O)Nc1cccc(N/C=c2/s/c(=C(/C#N)C(=O)NCC#N)n(CC)c2=O)c1. The Balaban J connectivity index is 2.35. The maximum absolute atomic E-state index is 12.8. The molecule has 1 aromatic carbocycles. The van der Waals surface area contributed by atoms with E-state index < -0.39 is 5.91 Å². The van der Waals surface area contributed by atoms with Crippen molar-refractivity contribution in [3.8, 4) is 12.1 Å². The van der Waals surface area contributed by atoms with Gasteiger partial charge in [0.15, 0.2) is 5.57 Å². The summed E-state index contributed by atoms with van der Waals surface area (Å²) in [5.41, 5.74) is 0.675. The van der Waals surface area contributed by atoms with Gasteiger partial charge in [0, 0.05) is 24.1 Å². The van der Waals surface area contributed by atoms with Gasteiger partial charge in [-0.2, -0.15) is 10.5 Å². The molecule has 0 saturated carbocycles. The first kappa shape index (κ1) is 25.3. The van der Waals surface area contributed by atoms with Gasteiger partial charge in [0.1, 0.15) is 21.8 Å². The average Bonchev–Trinajstić information content (AvgIpc) is 3.11. The molecule has 0 atom stereocenters. The number of thiazole rings is 1. The Morgan fingerprint density at radius 2 is 1.97 bits per heavy atom. The zero-order valence-electron chi connectivity index (χ0n) is 18.6. The van der Waals surface area contributed by atoms with Gasteiger partial charge in [-0.15, -0.1) is 11.3 Å². The van der Waals surface area contributed by atoms with Crippen LogP contribution in [0.5, 0.6) is 0 Å². The predicted octanol–water partition coefficient (Wildman–Crippen LogP) is -0.0159. The molecule has 0 aliphatic rings. The highest BCUT2D eigenvalue weighted by Gasteiger charge is 2.15. The van der Waals surface area contributed by atoms with E-state index in [1.54, 1.807) is 37.3 Å². The van der Waals surface area contributed by atoms with E-state index in [1.165, 1.54) is 10.8 Å². The molecule has 1 aromatic heterocycles. The van der Waals surface area contributed by atoms with Crippen molar-refractivity contribution in [1.82, 2.24) is 14.8 Å². The van der Waals surface area contributed by atoms with Crippen LogP contribution in [0.25, 0.3) is 11.8 Å². The molecule has 0 spiro atoms. The van der Waals surface area contributed by atoms with E-state index in [2.05, 4.69) is 16.0 Å². The van der Waals surface area contributed by atoms with Crippen LogP contribution in [0.3, 0.4) is 0 Å². The number of rotatable bonds is 9. The molecule has 0 fully saturated rings. The van der Waals surface area contributed by atoms with E-state index in [0.717, 1.165) is 17.9 Å². The smallest absolute Gasteiger partial charge is 0.270 e. The van der Waals surface area contributed by atoms with Crippen molar-refractivity contribution in [1.29, 1.82) is 10.5 Å². The summed E-state index contributed by atoms with van der Waals surface area (Å²) in [4.78, 5) is 39.0. The summed E-state index contributed by atoms with van der Waals surface area (Å²) < 4.78 is 1.85. The molecule has 2 amide bonds. The van der Waals surface area contributed by atoms with Crippen molar-refractivity contribution in [2.75, 3.05) is 37.3 Å². The minimum absolute atomic E-state index is 0.136. The number of aromatic nitrogens is 1. The Bertz CT molecular complexity index is 1280. The number of carbonyl (C=O) groups excluding carboxylic acids is 2. The highest BCUT2D eigenvalue weighted by atomic mass is 32.1. The topological polar surface area (TPSA) is 143 Å². The van der Waals surface area contributed by atoms with Gasteiger partial charge < -0.3 is 16.0 Å². The lowest BCUT2D eigenvalue weighted by Crippen LogP contribution is -2.34. The second-order valence-corrected chi connectivity index (χ2v) is 7.93. The second kappa shape index (κ2) is 12.2. The van der Waals surface area contributed by atoms with Crippen LogP contribution in [-0.4, -0.2) is 48.0 Å². The molecule has 33 heavy (non-hydrogen) atoms. The molecule has 172 valence electrons. The van der Waals surface area contributed by atoms with Crippen molar-refractivity contribution < 1.29 is 9.59 Å². The monoisotopic (exact) mass is 467 g/mol. The maximum Gasteiger partial charge on any atom is 0.270 e. The third-order valence-corrected chi connectivity index (χ3v) is 5.70. The molecule has 11 heteroatoms. The van der Waals surface area contributed by atoms with E-state index in [0.29, 0.717) is 15.9 Å². The van der Waals surface area contributed by atoms with Gasteiger partial charge in [-0.3, -0.25) is 23.9 Å². The van der Waals surface area contributed by atoms with Gasteiger partial charge in [0.05, 0.1) is 12.6 Å². The highest BCUT2D eigenvalue weighted by molar-refractivity contribution is 7.07. The van der Waals surface area contributed by atoms with Crippen LogP contribution in [-0.2, 0) is 16.1 Å². The number of benzene rings is 1. The van der Waals surface area contributed by atoms with Gasteiger partial charge in [-0.1, -0.05) is 13.0 Å². The van der Waals surface area contributed by atoms with E-state index in [-0.39, 0.29) is 41.3 Å². The normalized spacial score (nSPS) is 12.0. The van der Waals surface area contributed by atoms with Crippen molar-refractivity contribution >= 4 is 46.3 Å². The number of nitrogens with one attached hydrogen (secondary N) is 3. The second-order valence-electron chi connectivity index (χ2n) is 6.90. The average molecular weight is 468 g/mol. The van der Waals surface area contributed by atoms with Gasteiger partial charge in [-0.25, -0.2) is 0 Å². The van der Waals surface area contributed by atoms with Crippen LogP contribution in [0.15, 0.2) is 29.1 Å². The highest BCUT2D eigenvalue weighted by Crippen LogP contribution is 2.15. The molecule has 3 N–H and O–H groups in total. The minimum Gasteiger partial charge on any atom is -0.360 e. The Morgan fingerprint density at radius 3 is 2.61 bits per heavy atom. The number of nitriles is 2. The minimum atomic E-state index is -0.709. The molecule has 0 bridgehead atoms. The zero-order chi connectivity index (χ0) is 24.4. The Hall–Kier alpha value is -3.93. The standard InChI is InChI=1S/C22H25N7O3S/c1-4-28(3)14-19(30)27-16-8-6-7-15(11-16)26-13-18-21(32)29(5-2)22(33-18)17(12-24)20(31)25-10-9-23/h6-8,11,13,26H,4-5,10,14H2,1-3H3,(H,25,31)(H,27,30)/b18-13+,22-17-. The van der Waals surface area contributed by atoms with Gasteiger partial charge in [-0.05, 0) is 38.7 Å². The summed E-state index contributed by atoms with van der Waals surface area (Å²) in [5.74, 6) is -0.845. The molecule has 0 aliphatic carbocycles. The van der Waals surface area contributed by atoms with Crippen molar-refractivity contribution in [3.05, 3.63) is 43.8 Å². The van der Waals surface area contributed by atoms with E-state index in [1.807, 2.05) is 24.9 Å². The summed E-state index contributed by atoms with van der Waals surface area (Å²) >= 11 is 1.00. The number of hydrogen-bond acceptors (Lipinski definition) is 8. The maximum atomic E-state index is 12.8. The summed E-state index contributed by atoms with van der Waals surface area (Å²) in [5, 5.41) is 26.3. The number of amides is 2. The van der Waals surface area contributed by atoms with Crippen LogP contribution in [0.1, 0.15) is 13.8 Å². The first-order chi connectivity index (χ1) is 15.8. The Labute approximate surface area is 195 Å². The van der Waals surface area contributed by atoms with Crippen LogP contribution in [0, 0.1) is 22.7 Å². The van der Waals surface area contributed by atoms with E-state index in [9.17, 15) is 19.6 Å². The van der Waals surface area contributed by atoms with E-state index >= 15 is 0 Å². The van der Waals surface area contributed by atoms with Crippen LogP contribution >= 0.6 is 11.3 Å². The lowest BCUT2D eigenvalue weighted by molar-refractivity contribution is -0.117. The van der Waals surface area contributed by atoms with Crippen molar-refractivity contribution in [3.63, 3.8) is 0 Å². The molecule has 0 radical (unpaired) electrons. The van der Waals surface area contributed by atoms with Crippen molar-refractivity contribution in [2.24, 2.45) is 0 Å². The Morgan fingerprint density at radius 1 is 1.24 bits per heavy atom. The third kappa shape index (κ3) is 6.77. The zero-order valence-corrected chi connectivity index (χ0v) is 19.5. The molecule has 2 rings (SSSR count). The quantitative estimate of drug-likeness (QED) is 0.440. The molecule has 0 saturated heterocycles. The van der Waals surface area contributed by atoms with Gasteiger partial charge in [0.25, 0.3) is 11.5 Å². The Kier molecular flexibility index (Phi) is 9.36. The molecule has 0 unspecified atom stereocenters. The fourth-order valence-corrected chi connectivity index (χ4v) is 3.88. The number of anilines is 2.